The van der Waals surface area contributed by atoms with Gasteiger partial charge in [0.25, 0.3) is 0 Å². The summed E-state index contributed by atoms with van der Waals surface area (Å²) in [6.45, 7) is 2.86. The summed E-state index contributed by atoms with van der Waals surface area (Å²) in [5.74, 6) is -0.382. The van der Waals surface area contributed by atoms with E-state index < -0.39 is 6.10 Å². The van der Waals surface area contributed by atoms with Gasteiger partial charge in [-0.3, -0.25) is 4.68 Å². The summed E-state index contributed by atoms with van der Waals surface area (Å²) in [6.07, 6.45) is 3.52. The van der Waals surface area contributed by atoms with Crippen LogP contribution in [0.5, 0.6) is 0 Å². The average molecular weight is 313 g/mol. The van der Waals surface area contributed by atoms with Crippen LogP contribution in [0.2, 0.25) is 0 Å². The van der Waals surface area contributed by atoms with Gasteiger partial charge in [-0.2, -0.15) is 5.10 Å². The molecule has 0 amide bonds. The van der Waals surface area contributed by atoms with Gasteiger partial charge in [0.1, 0.15) is 11.9 Å². The first-order chi connectivity index (χ1) is 8.61. The lowest BCUT2D eigenvalue weighted by Crippen LogP contribution is -2.00. The minimum atomic E-state index is -0.849. The van der Waals surface area contributed by atoms with Crippen molar-refractivity contribution in [2.75, 3.05) is 0 Å². The normalized spacial score (nSPS) is 12.7. The molecular weight excluding hydrogens is 299 g/mol. The molecule has 3 nitrogen and oxygen atoms in total. The van der Waals surface area contributed by atoms with Gasteiger partial charge < -0.3 is 5.11 Å². The summed E-state index contributed by atoms with van der Waals surface area (Å²) in [4.78, 5) is 0. The highest BCUT2D eigenvalue weighted by Gasteiger charge is 2.14. The molecule has 2 aromatic rings. The zero-order chi connectivity index (χ0) is 13.1. The smallest absolute Gasteiger partial charge is 0.137 e. The van der Waals surface area contributed by atoms with Crippen LogP contribution in [0.3, 0.4) is 0 Å². The van der Waals surface area contributed by atoms with Crippen LogP contribution in [0.25, 0.3) is 0 Å². The Labute approximate surface area is 113 Å². The summed E-state index contributed by atoms with van der Waals surface area (Å²) in [6, 6.07) is 4.60. The zero-order valence-electron chi connectivity index (χ0n) is 9.98. The lowest BCUT2D eigenvalue weighted by Gasteiger charge is -2.09. The molecule has 2 rings (SSSR count). The molecule has 1 heterocycles. The fraction of sp³-hybridized carbons (Fsp3) is 0.308. The standard InChI is InChI=1S/C13H14BrFN2O/c1-2-5-17-8-10(7-16-17)13(18)9-3-4-11(14)12(15)6-9/h3-4,6-8,13,18H,2,5H2,1H3. The summed E-state index contributed by atoms with van der Waals surface area (Å²) in [5, 5.41) is 14.3. The maximum Gasteiger partial charge on any atom is 0.137 e. The number of aliphatic hydroxyl groups is 1. The van der Waals surface area contributed by atoms with E-state index in [4.69, 9.17) is 0 Å². The number of hydrogen-bond donors (Lipinski definition) is 1. The van der Waals surface area contributed by atoms with Gasteiger partial charge in [0.15, 0.2) is 0 Å². The number of benzene rings is 1. The van der Waals surface area contributed by atoms with E-state index in [1.165, 1.54) is 6.07 Å². The summed E-state index contributed by atoms with van der Waals surface area (Å²) < 4.78 is 15.6. The van der Waals surface area contributed by atoms with Crippen molar-refractivity contribution >= 4 is 15.9 Å². The molecular formula is C13H14BrFN2O. The van der Waals surface area contributed by atoms with E-state index in [9.17, 15) is 9.50 Å². The second-order valence-electron chi connectivity index (χ2n) is 4.11. The van der Waals surface area contributed by atoms with Crippen molar-refractivity contribution in [2.24, 2.45) is 0 Å². The highest BCUT2D eigenvalue weighted by molar-refractivity contribution is 9.10. The molecule has 1 N–H and O–H groups in total. The van der Waals surface area contributed by atoms with Crippen LogP contribution in [-0.2, 0) is 6.54 Å². The molecule has 0 aliphatic heterocycles. The van der Waals surface area contributed by atoms with Crippen LogP contribution < -0.4 is 0 Å². The van der Waals surface area contributed by atoms with Crippen LogP contribution in [0, 0.1) is 5.82 Å². The fourth-order valence-electron chi connectivity index (χ4n) is 1.75. The largest absolute Gasteiger partial charge is 0.384 e. The molecule has 0 spiro atoms. The molecule has 0 saturated heterocycles. The van der Waals surface area contributed by atoms with Crippen molar-refractivity contribution in [3.8, 4) is 0 Å². The first-order valence-corrected chi connectivity index (χ1v) is 6.56. The summed E-state index contributed by atoms with van der Waals surface area (Å²) >= 11 is 3.09. The van der Waals surface area contributed by atoms with E-state index in [-0.39, 0.29) is 5.82 Å². The molecule has 0 saturated carbocycles. The number of halogens is 2. The Hall–Kier alpha value is -1.20. The molecule has 0 aliphatic carbocycles. The number of aryl methyl sites for hydroxylation is 1. The van der Waals surface area contributed by atoms with Crippen molar-refractivity contribution in [3.63, 3.8) is 0 Å². The van der Waals surface area contributed by atoms with E-state index >= 15 is 0 Å². The minimum Gasteiger partial charge on any atom is -0.384 e. The Kier molecular flexibility index (Phi) is 4.14. The predicted octanol–water partition coefficient (Wildman–Crippen LogP) is 3.28. The Bertz CT molecular complexity index is 542. The van der Waals surface area contributed by atoms with Gasteiger partial charge in [-0.15, -0.1) is 0 Å². The van der Waals surface area contributed by atoms with Gasteiger partial charge in [-0.05, 0) is 40.0 Å². The molecule has 0 radical (unpaired) electrons. The van der Waals surface area contributed by atoms with Gasteiger partial charge in [-0.25, -0.2) is 4.39 Å². The summed E-state index contributed by atoms with van der Waals surface area (Å²) in [5.41, 5.74) is 1.19. The molecule has 5 heteroatoms. The van der Waals surface area contributed by atoms with Crippen molar-refractivity contribution in [2.45, 2.75) is 26.0 Å². The highest BCUT2D eigenvalue weighted by Crippen LogP contribution is 2.25. The fourth-order valence-corrected chi connectivity index (χ4v) is 1.99. The molecule has 0 bridgehead atoms. The monoisotopic (exact) mass is 312 g/mol. The number of aliphatic hydroxyl groups excluding tert-OH is 1. The summed E-state index contributed by atoms with van der Waals surface area (Å²) in [7, 11) is 0. The third kappa shape index (κ3) is 2.79. The predicted molar refractivity (Wildman–Crippen MR) is 70.7 cm³/mol. The van der Waals surface area contributed by atoms with Crippen LogP contribution in [-0.4, -0.2) is 14.9 Å². The highest BCUT2D eigenvalue weighted by atomic mass is 79.9. The van der Waals surface area contributed by atoms with Gasteiger partial charge in [0.05, 0.1) is 10.7 Å². The second-order valence-corrected chi connectivity index (χ2v) is 4.97. The Morgan fingerprint density at radius 2 is 2.22 bits per heavy atom. The average Bonchev–Trinajstić information content (AvgIpc) is 2.81. The Morgan fingerprint density at radius 1 is 1.44 bits per heavy atom. The molecule has 0 aliphatic rings. The van der Waals surface area contributed by atoms with Crippen LogP contribution in [0.1, 0.15) is 30.6 Å². The van der Waals surface area contributed by atoms with Crippen LogP contribution >= 0.6 is 15.9 Å². The van der Waals surface area contributed by atoms with Gasteiger partial charge in [0, 0.05) is 18.3 Å². The van der Waals surface area contributed by atoms with E-state index in [1.54, 1.807) is 29.2 Å². The second kappa shape index (κ2) is 5.63. The van der Waals surface area contributed by atoms with E-state index in [1.807, 2.05) is 0 Å². The van der Waals surface area contributed by atoms with E-state index in [0.29, 0.717) is 15.6 Å². The van der Waals surface area contributed by atoms with Gasteiger partial charge >= 0.3 is 0 Å². The van der Waals surface area contributed by atoms with Crippen molar-refractivity contribution in [1.29, 1.82) is 0 Å². The van der Waals surface area contributed by atoms with Crippen molar-refractivity contribution in [3.05, 3.63) is 52.0 Å². The van der Waals surface area contributed by atoms with Crippen LogP contribution in [0.4, 0.5) is 4.39 Å². The maximum atomic E-state index is 13.4. The minimum absolute atomic E-state index is 0.382. The molecule has 1 unspecified atom stereocenters. The van der Waals surface area contributed by atoms with Gasteiger partial charge in [0.2, 0.25) is 0 Å². The molecule has 96 valence electrons. The first-order valence-electron chi connectivity index (χ1n) is 5.77. The molecule has 1 aromatic heterocycles. The lowest BCUT2D eigenvalue weighted by atomic mass is 10.0. The van der Waals surface area contributed by atoms with Crippen LogP contribution in [0.15, 0.2) is 35.1 Å². The Balaban J connectivity index is 2.23. The number of nitrogens with zero attached hydrogens (tertiary/aromatic N) is 2. The quantitative estimate of drug-likeness (QED) is 0.941. The molecule has 18 heavy (non-hydrogen) atoms. The number of hydrogen-bond acceptors (Lipinski definition) is 2. The number of aromatic nitrogens is 2. The zero-order valence-corrected chi connectivity index (χ0v) is 11.6. The number of rotatable bonds is 4. The molecule has 1 atom stereocenters. The lowest BCUT2D eigenvalue weighted by molar-refractivity contribution is 0.219. The van der Waals surface area contributed by atoms with E-state index in [0.717, 1.165) is 13.0 Å². The SMILES string of the molecule is CCCn1cc(C(O)c2ccc(Br)c(F)c2)cn1. The van der Waals surface area contributed by atoms with E-state index in [2.05, 4.69) is 28.0 Å². The maximum absolute atomic E-state index is 13.4. The third-order valence-electron chi connectivity index (χ3n) is 2.68. The van der Waals surface area contributed by atoms with Gasteiger partial charge in [-0.1, -0.05) is 13.0 Å². The first kappa shape index (κ1) is 13.2. The third-order valence-corrected chi connectivity index (χ3v) is 3.32. The molecule has 1 aromatic carbocycles. The molecule has 0 fully saturated rings. The Morgan fingerprint density at radius 3 is 2.89 bits per heavy atom. The van der Waals surface area contributed by atoms with Crippen molar-refractivity contribution < 1.29 is 9.50 Å². The van der Waals surface area contributed by atoms with Crippen molar-refractivity contribution in [1.82, 2.24) is 9.78 Å². The topological polar surface area (TPSA) is 38.0 Å².